The third-order valence-electron chi connectivity index (χ3n) is 6.75. The lowest BCUT2D eigenvalue weighted by atomic mass is 10.1. The maximum Gasteiger partial charge on any atom is 0.210 e. The summed E-state index contributed by atoms with van der Waals surface area (Å²) in [6, 6.07) is 11.0. The molecule has 0 aromatic heterocycles. The maximum absolute atomic E-state index is 10.7. The van der Waals surface area contributed by atoms with Crippen molar-refractivity contribution in [1.82, 2.24) is 0 Å². The molecule has 44 heavy (non-hydrogen) atoms. The van der Waals surface area contributed by atoms with Gasteiger partial charge in [-0.05, 0) is 70.7 Å². The molecule has 2 aliphatic heterocycles. The molecule has 6 N–H and O–H groups in total. The van der Waals surface area contributed by atoms with Crippen LogP contribution in [0.4, 0.5) is 0 Å². The zero-order chi connectivity index (χ0) is 31.7. The number of fused-ring (bicyclic) bond motifs is 6. The largest absolute Gasteiger partial charge is 0.508 e. The summed E-state index contributed by atoms with van der Waals surface area (Å²) in [5, 5.41) is 64.0. The Morgan fingerprint density at radius 3 is 1.75 bits per heavy atom. The molecule has 0 saturated carbocycles. The van der Waals surface area contributed by atoms with Crippen molar-refractivity contribution in [1.29, 1.82) is 0 Å². The lowest BCUT2D eigenvalue weighted by Crippen LogP contribution is -1.97. The number of halogens is 4. The normalized spacial score (nSPS) is 13.8. The summed E-state index contributed by atoms with van der Waals surface area (Å²) in [5.41, 5.74) is 1.66. The van der Waals surface area contributed by atoms with Gasteiger partial charge < -0.3 is 40.1 Å². The van der Waals surface area contributed by atoms with Crippen LogP contribution in [-0.2, 0) is 25.7 Å². The minimum Gasteiger partial charge on any atom is -0.508 e. The highest BCUT2D eigenvalue weighted by molar-refractivity contribution is 9.10. The van der Waals surface area contributed by atoms with E-state index in [2.05, 4.69) is 15.9 Å². The van der Waals surface area contributed by atoms with Gasteiger partial charge in [0.05, 0.1) is 9.50 Å². The fourth-order valence-corrected chi connectivity index (χ4v) is 5.66. The minimum absolute atomic E-state index is 0.0271. The summed E-state index contributed by atoms with van der Waals surface area (Å²) >= 11 is 22.7. The van der Waals surface area contributed by atoms with Gasteiger partial charge in [-0.25, -0.2) is 0 Å². The third-order valence-corrected chi connectivity index (χ3v) is 8.24. The van der Waals surface area contributed by atoms with Crippen LogP contribution in [0, 0.1) is 0 Å². The Labute approximate surface area is 275 Å². The highest BCUT2D eigenvalue weighted by Crippen LogP contribution is 2.45. The predicted octanol–water partition coefficient (Wildman–Crippen LogP) is 9.05. The van der Waals surface area contributed by atoms with Gasteiger partial charge in [0, 0.05) is 51.7 Å². The van der Waals surface area contributed by atoms with Crippen molar-refractivity contribution in [2.24, 2.45) is 0 Å². The summed E-state index contributed by atoms with van der Waals surface area (Å²) in [7, 11) is 0. The highest BCUT2D eigenvalue weighted by Gasteiger charge is 2.19. The van der Waals surface area contributed by atoms with Crippen molar-refractivity contribution in [3.63, 3.8) is 0 Å². The van der Waals surface area contributed by atoms with Gasteiger partial charge in [-0.3, -0.25) is 0 Å². The number of hydrogen-bond donors (Lipinski definition) is 6. The standard InChI is InChI=1S/C32H24BrCl3O8/c33-22-13-24(38)16-1-3-19(34)5-15-6-26(40)32(27(41)7-15)44-30-11-17(25(39)14-23(30)36)2-4-20(35)8-18-9-21(37)12-28(42)31(18)43-29(22)10-16/h3-4,6-7,9-14,37-42H,1-2,5,8H2. The Morgan fingerprint density at radius 1 is 0.545 bits per heavy atom. The van der Waals surface area contributed by atoms with E-state index in [1.54, 1.807) is 18.2 Å². The Balaban J connectivity index is 1.63. The Bertz CT molecular complexity index is 1810. The summed E-state index contributed by atoms with van der Waals surface area (Å²) in [4.78, 5) is 0. The first kappa shape index (κ1) is 31.5. The highest BCUT2D eigenvalue weighted by atomic mass is 79.9. The summed E-state index contributed by atoms with van der Waals surface area (Å²) in [6.45, 7) is 0. The van der Waals surface area contributed by atoms with Crippen LogP contribution in [0.15, 0.2) is 75.2 Å². The average Bonchev–Trinajstić information content (AvgIpc) is 2.93. The van der Waals surface area contributed by atoms with Crippen molar-refractivity contribution < 1.29 is 40.1 Å². The van der Waals surface area contributed by atoms with E-state index in [1.807, 2.05) is 0 Å². The van der Waals surface area contributed by atoms with Crippen LogP contribution in [0.25, 0.3) is 0 Å². The molecule has 2 aliphatic rings. The molecule has 6 rings (SSSR count). The van der Waals surface area contributed by atoms with Crippen LogP contribution >= 0.6 is 50.7 Å². The molecule has 4 aromatic carbocycles. The van der Waals surface area contributed by atoms with Gasteiger partial charge in [0.2, 0.25) is 5.75 Å². The molecule has 0 unspecified atom stereocenters. The number of aromatic hydroxyl groups is 6. The monoisotopic (exact) mass is 720 g/mol. The summed E-state index contributed by atoms with van der Waals surface area (Å²) < 4.78 is 12.2. The number of benzene rings is 4. The molecule has 12 heteroatoms. The van der Waals surface area contributed by atoms with Crippen molar-refractivity contribution in [2.75, 3.05) is 0 Å². The molecular weight excluding hydrogens is 699 g/mol. The SMILES string of the molecule is Oc1cc(O)c2c(c1)CC(Cl)=CCc1cc(c(Cl)cc1O)Oc1c(O)cc(cc1O)CC(Cl)=CCc1cc(c(Br)cc1O)O2. The molecule has 4 aromatic rings. The number of rotatable bonds is 0. The zero-order valence-electron chi connectivity index (χ0n) is 22.6. The molecule has 0 spiro atoms. The number of ether oxygens (including phenoxy) is 2. The second-order valence-electron chi connectivity index (χ2n) is 10.0. The van der Waals surface area contributed by atoms with E-state index in [1.165, 1.54) is 36.4 Å². The molecule has 8 nitrogen and oxygen atoms in total. The van der Waals surface area contributed by atoms with Crippen LogP contribution in [-0.4, -0.2) is 30.6 Å². The Hall–Kier alpha value is -3.89. The van der Waals surface area contributed by atoms with Crippen LogP contribution in [0.3, 0.4) is 0 Å². The molecule has 2 heterocycles. The average molecular weight is 723 g/mol. The van der Waals surface area contributed by atoms with Crippen LogP contribution in [0.1, 0.15) is 22.3 Å². The number of allylic oxidation sites excluding steroid dienone is 4. The second kappa shape index (κ2) is 13.0. The molecule has 0 radical (unpaired) electrons. The second-order valence-corrected chi connectivity index (χ2v) is 12.2. The molecule has 0 fully saturated rings. The molecule has 0 atom stereocenters. The lowest BCUT2D eigenvalue weighted by Gasteiger charge is -2.16. The topological polar surface area (TPSA) is 140 Å². The predicted molar refractivity (Wildman–Crippen MR) is 171 cm³/mol. The number of phenolic OH excluding ortho intramolecular Hbond substituents is 6. The van der Waals surface area contributed by atoms with E-state index < -0.39 is 0 Å². The number of phenols is 6. The van der Waals surface area contributed by atoms with E-state index in [-0.39, 0.29) is 93.2 Å². The van der Waals surface area contributed by atoms with Gasteiger partial charge in [-0.2, -0.15) is 0 Å². The van der Waals surface area contributed by atoms with Gasteiger partial charge in [0.15, 0.2) is 23.0 Å². The van der Waals surface area contributed by atoms with Crippen molar-refractivity contribution >= 4 is 50.7 Å². The smallest absolute Gasteiger partial charge is 0.210 e. The van der Waals surface area contributed by atoms with Gasteiger partial charge in [-0.1, -0.05) is 47.0 Å². The number of hydrogen-bond acceptors (Lipinski definition) is 8. The van der Waals surface area contributed by atoms with Gasteiger partial charge >= 0.3 is 0 Å². The van der Waals surface area contributed by atoms with Crippen molar-refractivity contribution in [3.05, 3.63) is 102 Å². The van der Waals surface area contributed by atoms with Gasteiger partial charge in [0.25, 0.3) is 0 Å². The molecule has 0 saturated heterocycles. The third kappa shape index (κ3) is 7.08. The van der Waals surface area contributed by atoms with Gasteiger partial charge in [-0.15, -0.1) is 0 Å². The molecule has 0 aliphatic carbocycles. The van der Waals surface area contributed by atoms with Crippen molar-refractivity contribution in [3.8, 4) is 57.5 Å². The van der Waals surface area contributed by atoms with E-state index in [4.69, 9.17) is 44.3 Å². The summed E-state index contributed by atoms with van der Waals surface area (Å²) in [5.74, 6) is -1.34. The lowest BCUT2D eigenvalue weighted by molar-refractivity contribution is 0.375. The minimum atomic E-state index is -0.363. The van der Waals surface area contributed by atoms with Crippen LogP contribution in [0.5, 0.6) is 57.5 Å². The molecule has 228 valence electrons. The quantitative estimate of drug-likeness (QED) is 0.106. The van der Waals surface area contributed by atoms with Crippen LogP contribution in [0.2, 0.25) is 5.02 Å². The zero-order valence-corrected chi connectivity index (χ0v) is 26.5. The van der Waals surface area contributed by atoms with E-state index in [9.17, 15) is 30.6 Å². The molecule has 0 amide bonds. The van der Waals surface area contributed by atoms with Gasteiger partial charge in [0.1, 0.15) is 28.7 Å². The first-order chi connectivity index (χ1) is 20.9. The van der Waals surface area contributed by atoms with E-state index in [0.29, 0.717) is 31.8 Å². The molecule has 6 bridgehead atoms. The first-order valence-corrected chi connectivity index (χ1v) is 15.0. The van der Waals surface area contributed by atoms with E-state index in [0.717, 1.165) is 6.07 Å². The maximum atomic E-state index is 10.7. The Kier molecular flexibility index (Phi) is 9.31. The van der Waals surface area contributed by atoms with Crippen LogP contribution < -0.4 is 9.47 Å². The summed E-state index contributed by atoms with van der Waals surface area (Å²) in [6.07, 6.45) is 3.76. The van der Waals surface area contributed by atoms with E-state index >= 15 is 0 Å². The molecular formula is C32H24BrCl3O8. The Morgan fingerprint density at radius 2 is 1.09 bits per heavy atom. The fourth-order valence-electron chi connectivity index (χ4n) is 4.60. The van der Waals surface area contributed by atoms with Crippen molar-refractivity contribution in [2.45, 2.75) is 25.7 Å². The first-order valence-electron chi connectivity index (χ1n) is 13.0. The fraction of sp³-hybridized carbons (Fsp3) is 0.125.